The molecule has 0 radical (unpaired) electrons. The average Bonchev–Trinajstić information content (AvgIpc) is 3.51. The van der Waals surface area contributed by atoms with Crippen LogP contribution in [-0.2, 0) is 33.1 Å². The lowest BCUT2D eigenvalue weighted by atomic mass is 10.0. The third kappa shape index (κ3) is 4.65. The standard InChI is InChI=1S/C28H24F2N4O4S/c1-27(16-28(27,29)30)25-4-2-3-21(34-25)22-8-7-18-13-31-20(12-23(18)33-22)14-32-26(35)17-5-6-19-15-38-9-10-39(36,37)24(19)11-17/h2-8,11-13H,9-10,14-16H2,1H3,(H,32,35)/t27-/m0/s1. The van der Waals surface area contributed by atoms with Gasteiger partial charge in [0.1, 0.15) is 0 Å². The summed E-state index contributed by atoms with van der Waals surface area (Å²) in [6.45, 7) is 1.89. The topological polar surface area (TPSA) is 111 Å². The maximum Gasteiger partial charge on any atom is 0.260 e. The van der Waals surface area contributed by atoms with Gasteiger partial charge in [0.05, 0.1) is 64.1 Å². The zero-order valence-corrected chi connectivity index (χ0v) is 21.8. The maximum absolute atomic E-state index is 13.9. The lowest BCUT2D eigenvalue weighted by Crippen LogP contribution is -2.23. The Kier molecular flexibility index (Phi) is 5.96. The first-order valence-electron chi connectivity index (χ1n) is 12.4. The van der Waals surface area contributed by atoms with Crippen molar-refractivity contribution in [2.24, 2.45) is 0 Å². The number of ether oxygens (including phenoxy) is 1. The number of alkyl halides is 2. The first-order chi connectivity index (χ1) is 18.6. The van der Waals surface area contributed by atoms with Crippen molar-refractivity contribution in [1.29, 1.82) is 0 Å². The van der Waals surface area contributed by atoms with E-state index in [1.807, 2.05) is 6.07 Å². The van der Waals surface area contributed by atoms with Crippen molar-refractivity contribution in [3.8, 4) is 11.4 Å². The van der Waals surface area contributed by atoms with Crippen LogP contribution >= 0.6 is 0 Å². The molecule has 2 aliphatic rings. The van der Waals surface area contributed by atoms with Crippen LogP contribution in [0.4, 0.5) is 8.78 Å². The second kappa shape index (κ2) is 9.13. The second-order valence-electron chi connectivity index (χ2n) is 10.1. The van der Waals surface area contributed by atoms with Gasteiger partial charge >= 0.3 is 0 Å². The molecule has 1 N–H and O–H groups in total. The van der Waals surface area contributed by atoms with Gasteiger partial charge in [0.15, 0.2) is 9.84 Å². The molecule has 1 amide bonds. The number of carbonyl (C=O) groups is 1. The molecule has 0 spiro atoms. The van der Waals surface area contributed by atoms with E-state index in [0.29, 0.717) is 33.9 Å². The van der Waals surface area contributed by atoms with Crippen LogP contribution in [0, 0.1) is 0 Å². The van der Waals surface area contributed by atoms with Gasteiger partial charge in [-0.3, -0.25) is 14.8 Å². The first-order valence-corrected chi connectivity index (χ1v) is 14.0. The lowest BCUT2D eigenvalue weighted by molar-refractivity contribution is 0.0909. The Hall–Kier alpha value is -3.83. The number of sulfone groups is 1. The Labute approximate surface area is 223 Å². The summed E-state index contributed by atoms with van der Waals surface area (Å²) in [6.07, 6.45) is 1.41. The molecule has 1 aliphatic carbocycles. The number of carbonyl (C=O) groups excluding carboxylic acids is 1. The summed E-state index contributed by atoms with van der Waals surface area (Å²) >= 11 is 0. The highest BCUT2D eigenvalue weighted by Gasteiger charge is 2.69. The van der Waals surface area contributed by atoms with Crippen molar-refractivity contribution in [3.05, 3.63) is 83.3 Å². The van der Waals surface area contributed by atoms with E-state index in [-0.39, 0.29) is 42.4 Å². The molecule has 6 rings (SSSR count). The van der Waals surface area contributed by atoms with E-state index in [9.17, 15) is 22.0 Å². The van der Waals surface area contributed by atoms with Gasteiger partial charge in [-0.25, -0.2) is 22.2 Å². The van der Waals surface area contributed by atoms with Crippen LogP contribution < -0.4 is 5.32 Å². The van der Waals surface area contributed by atoms with Gasteiger partial charge in [0.25, 0.3) is 11.8 Å². The number of benzene rings is 1. The van der Waals surface area contributed by atoms with E-state index in [1.165, 1.54) is 13.0 Å². The van der Waals surface area contributed by atoms with Gasteiger partial charge < -0.3 is 10.1 Å². The van der Waals surface area contributed by atoms with Crippen LogP contribution in [-0.4, -0.2) is 47.6 Å². The van der Waals surface area contributed by atoms with Crippen molar-refractivity contribution in [3.63, 3.8) is 0 Å². The van der Waals surface area contributed by atoms with Gasteiger partial charge in [-0.05, 0) is 55.0 Å². The van der Waals surface area contributed by atoms with Gasteiger partial charge in [-0.2, -0.15) is 0 Å². The van der Waals surface area contributed by atoms with Gasteiger partial charge in [0.2, 0.25) is 0 Å². The molecule has 1 aromatic carbocycles. The molecule has 4 aromatic rings. The number of nitrogens with one attached hydrogen (secondary N) is 1. The highest BCUT2D eigenvalue weighted by atomic mass is 32.2. The van der Waals surface area contributed by atoms with Crippen molar-refractivity contribution in [1.82, 2.24) is 20.3 Å². The van der Waals surface area contributed by atoms with Crippen LogP contribution in [0.1, 0.15) is 40.7 Å². The van der Waals surface area contributed by atoms with Crippen molar-refractivity contribution < 1.29 is 26.7 Å². The molecule has 3 aromatic heterocycles. The molecule has 8 nitrogen and oxygen atoms in total. The van der Waals surface area contributed by atoms with Crippen LogP contribution in [0.15, 0.2) is 65.7 Å². The summed E-state index contributed by atoms with van der Waals surface area (Å²) in [5.41, 5.74) is 2.01. The molecule has 1 fully saturated rings. The summed E-state index contributed by atoms with van der Waals surface area (Å²) in [7, 11) is -3.53. The van der Waals surface area contributed by atoms with Gasteiger partial charge in [0, 0.05) is 23.6 Å². The Bertz CT molecular complexity index is 1750. The largest absolute Gasteiger partial charge is 0.376 e. The number of hydrogen-bond acceptors (Lipinski definition) is 7. The Morgan fingerprint density at radius 3 is 2.67 bits per heavy atom. The summed E-state index contributed by atoms with van der Waals surface area (Å²) in [5, 5.41) is 3.54. The third-order valence-corrected chi connectivity index (χ3v) is 9.07. The number of aromatic nitrogens is 3. The van der Waals surface area contributed by atoms with Crippen molar-refractivity contribution in [2.75, 3.05) is 12.4 Å². The molecule has 200 valence electrons. The van der Waals surface area contributed by atoms with E-state index in [2.05, 4.69) is 20.3 Å². The maximum atomic E-state index is 13.9. The predicted molar refractivity (Wildman–Crippen MR) is 139 cm³/mol. The quantitative estimate of drug-likeness (QED) is 0.396. The molecule has 4 heterocycles. The summed E-state index contributed by atoms with van der Waals surface area (Å²) in [4.78, 5) is 26.5. The van der Waals surface area contributed by atoms with E-state index >= 15 is 0 Å². The fraction of sp³-hybridized carbons (Fsp3) is 0.286. The number of nitrogens with zero attached hydrogens (tertiary/aromatic N) is 3. The summed E-state index contributed by atoms with van der Waals surface area (Å²) in [5.74, 6) is -3.33. The lowest BCUT2D eigenvalue weighted by Gasteiger charge is -2.11. The molecule has 0 bridgehead atoms. The van der Waals surface area contributed by atoms with Crippen LogP contribution in [0.3, 0.4) is 0 Å². The van der Waals surface area contributed by atoms with Crippen LogP contribution in [0.2, 0.25) is 0 Å². The summed E-state index contributed by atoms with van der Waals surface area (Å²) in [6, 6.07) is 14.9. The van der Waals surface area contributed by atoms with E-state index in [0.717, 1.165) is 5.39 Å². The van der Waals surface area contributed by atoms with Gasteiger partial charge in [-0.1, -0.05) is 12.1 Å². The molecule has 1 aliphatic heterocycles. The number of halogens is 2. The third-order valence-electron chi connectivity index (χ3n) is 7.31. The number of fused-ring (bicyclic) bond motifs is 2. The highest BCUT2D eigenvalue weighted by Crippen LogP contribution is 2.60. The SMILES string of the molecule is C[C@@]1(c2cccc(-c3ccc4cnc(CNC(=O)c5ccc6c(c5)S(=O)(=O)CCOC6)cc4n3)n2)CC1(F)F. The fourth-order valence-corrected chi connectivity index (χ4v) is 6.09. The monoisotopic (exact) mass is 550 g/mol. The Morgan fingerprint density at radius 2 is 1.87 bits per heavy atom. The predicted octanol–water partition coefficient (Wildman–Crippen LogP) is 4.22. The smallest absolute Gasteiger partial charge is 0.260 e. The molecular weight excluding hydrogens is 526 g/mol. The average molecular weight is 551 g/mol. The highest BCUT2D eigenvalue weighted by molar-refractivity contribution is 7.91. The fourth-order valence-electron chi connectivity index (χ4n) is 4.70. The van der Waals surface area contributed by atoms with Crippen LogP contribution in [0.5, 0.6) is 0 Å². The second-order valence-corrected chi connectivity index (χ2v) is 12.1. The first kappa shape index (κ1) is 25.4. The minimum atomic E-state index is -3.53. The van der Waals surface area contributed by atoms with Crippen molar-refractivity contribution >= 4 is 26.6 Å². The van der Waals surface area contributed by atoms with Crippen LogP contribution in [0.25, 0.3) is 22.3 Å². The Balaban J connectivity index is 1.21. The molecule has 0 saturated heterocycles. The Morgan fingerprint density at radius 1 is 1.08 bits per heavy atom. The van der Waals surface area contributed by atoms with E-state index in [1.54, 1.807) is 48.7 Å². The van der Waals surface area contributed by atoms with Gasteiger partial charge in [-0.15, -0.1) is 0 Å². The minimum absolute atomic E-state index is 0.0921. The number of rotatable bonds is 5. The molecule has 39 heavy (non-hydrogen) atoms. The zero-order valence-electron chi connectivity index (χ0n) is 20.9. The van der Waals surface area contributed by atoms with Crippen molar-refractivity contribution in [2.45, 2.75) is 42.7 Å². The normalized spacial score (nSPS) is 21.1. The molecular formula is C28H24F2N4O4S. The molecule has 1 saturated carbocycles. The number of pyridine rings is 3. The number of amides is 1. The van der Waals surface area contributed by atoms with E-state index in [4.69, 9.17) is 4.74 Å². The molecule has 1 atom stereocenters. The molecule has 0 unspecified atom stereocenters. The minimum Gasteiger partial charge on any atom is -0.376 e. The summed E-state index contributed by atoms with van der Waals surface area (Å²) < 4.78 is 58.2. The van der Waals surface area contributed by atoms with E-state index < -0.39 is 27.1 Å². The molecule has 11 heteroatoms. The number of hydrogen-bond donors (Lipinski definition) is 1. The zero-order chi connectivity index (χ0) is 27.4.